The van der Waals surface area contributed by atoms with Crippen LogP contribution in [0.1, 0.15) is 22.6 Å². The van der Waals surface area contributed by atoms with Crippen molar-refractivity contribution < 1.29 is 9.53 Å². The number of hydrogen-bond donors (Lipinski definition) is 3. The third-order valence-corrected chi connectivity index (χ3v) is 5.79. The van der Waals surface area contributed by atoms with Crippen LogP contribution in [0.25, 0.3) is 5.69 Å². The van der Waals surface area contributed by atoms with Gasteiger partial charge in [0.1, 0.15) is 12.1 Å². The van der Waals surface area contributed by atoms with E-state index in [-0.39, 0.29) is 27.9 Å². The maximum Gasteiger partial charge on any atom is 0.349 e. The summed E-state index contributed by atoms with van der Waals surface area (Å²) in [5.74, 6) is -2.17. The van der Waals surface area contributed by atoms with Crippen molar-refractivity contribution in [2.24, 2.45) is 0 Å². The third kappa shape index (κ3) is 5.01. The van der Waals surface area contributed by atoms with Gasteiger partial charge in [0.2, 0.25) is 5.90 Å². The van der Waals surface area contributed by atoms with Crippen molar-refractivity contribution in [3.05, 3.63) is 121 Å². The molecule has 4 rings (SSSR count). The molecule has 0 amide bonds. The molecule has 0 saturated carbocycles. The van der Waals surface area contributed by atoms with Gasteiger partial charge < -0.3 is 10.5 Å². The smallest absolute Gasteiger partial charge is 0.349 e. The number of H-pyrrole nitrogens is 1. The second-order valence-electron chi connectivity index (χ2n) is 7.35. The van der Waals surface area contributed by atoms with Crippen LogP contribution in [-0.4, -0.2) is 26.6 Å². The number of aromatic amines is 1. The Labute approximate surface area is 208 Å². The van der Waals surface area contributed by atoms with Crippen LogP contribution >= 0.6 is 23.2 Å². The summed E-state index contributed by atoms with van der Waals surface area (Å²) < 4.78 is 6.27. The fourth-order valence-electron chi connectivity index (χ4n) is 3.44. The molecular weight excluding hydrogens is 493 g/mol. The number of hydrogen-bond acceptors (Lipinski definition) is 7. The molecule has 0 saturated heterocycles. The van der Waals surface area contributed by atoms with Crippen LogP contribution < -0.4 is 17.0 Å². The SMILES string of the molecule is N=C(OC(=O)C(c1ccc(Cl)cc1)c1ccc(-n2ncc(=O)[nH]c2=O)c(N)c1Cl)c1ccccc1. The molecular formula is C24H17Cl2N5O4. The van der Waals surface area contributed by atoms with Crippen LogP contribution in [0.2, 0.25) is 10.0 Å². The molecule has 1 aromatic heterocycles. The summed E-state index contributed by atoms with van der Waals surface area (Å²) in [6.07, 6.45) is 0.922. The lowest BCUT2D eigenvalue weighted by atomic mass is 9.90. The Bertz CT molecular complexity index is 1530. The zero-order valence-electron chi connectivity index (χ0n) is 17.9. The standard InChI is InChI=1S/C24H17Cl2N5O4/c25-15-8-6-13(7-9-15)19(23(33)35-22(28)14-4-2-1-3-5-14)16-10-11-17(21(27)20(16)26)31-24(34)30-18(32)12-29-31/h1-12,19,28H,27H2,(H,30,32,34). The monoisotopic (exact) mass is 509 g/mol. The second-order valence-corrected chi connectivity index (χ2v) is 8.17. The Kier molecular flexibility index (Phi) is 6.81. The highest BCUT2D eigenvalue weighted by atomic mass is 35.5. The van der Waals surface area contributed by atoms with Crippen LogP contribution in [0.15, 0.2) is 82.5 Å². The van der Waals surface area contributed by atoms with Crippen molar-refractivity contribution in [2.75, 3.05) is 5.73 Å². The summed E-state index contributed by atoms with van der Waals surface area (Å²) in [4.78, 5) is 38.9. The number of ether oxygens (including phenoxy) is 1. The van der Waals surface area contributed by atoms with Crippen LogP contribution in [0.5, 0.6) is 0 Å². The molecule has 9 nitrogen and oxygen atoms in total. The van der Waals surface area contributed by atoms with E-state index in [4.69, 9.17) is 39.1 Å². The Morgan fingerprint density at radius 3 is 2.37 bits per heavy atom. The zero-order chi connectivity index (χ0) is 25.1. The maximum atomic E-state index is 13.3. The number of nitrogens with one attached hydrogen (secondary N) is 2. The number of esters is 1. The van der Waals surface area contributed by atoms with E-state index in [2.05, 4.69) is 10.1 Å². The number of aromatic nitrogens is 3. The van der Waals surface area contributed by atoms with Gasteiger partial charge in [0, 0.05) is 10.6 Å². The Hall–Kier alpha value is -4.21. The number of benzene rings is 3. The highest BCUT2D eigenvalue weighted by Gasteiger charge is 2.30. The molecule has 1 atom stereocenters. The highest BCUT2D eigenvalue weighted by Crippen LogP contribution is 2.37. The average Bonchev–Trinajstić information content (AvgIpc) is 2.84. The van der Waals surface area contributed by atoms with Gasteiger partial charge in [0.15, 0.2) is 0 Å². The number of halogens is 2. The van der Waals surface area contributed by atoms with Crippen molar-refractivity contribution in [3.63, 3.8) is 0 Å². The van der Waals surface area contributed by atoms with E-state index in [1.54, 1.807) is 54.6 Å². The molecule has 4 N–H and O–H groups in total. The summed E-state index contributed by atoms with van der Waals surface area (Å²) in [5.41, 5.74) is 5.99. The van der Waals surface area contributed by atoms with E-state index < -0.39 is 23.1 Å². The van der Waals surface area contributed by atoms with E-state index >= 15 is 0 Å². The number of nitrogen functional groups attached to an aromatic ring is 1. The van der Waals surface area contributed by atoms with Gasteiger partial charge in [-0.2, -0.15) is 9.78 Å². The molecule has 0 aliphatic rings. The number of carbonyl (C=O) groups is 1. The first-order valence-electron chi connectivity index (χ1n) is 10.1. The lowest BCUT2D eigenvalue weighted by Gasteiger charge is -2.20. The lowest BCUT2D eigenvalue weighted by Crippen LogP contribution is -2.31. The molecule has 176 valence electrons. The molecule has 35 heavy (non-hydrogen) atoms. The Morgan fingerprint density at radius 2 is 1.71 bits per heavy atom. The number of nitrogens with zero attached hydrogens (tertiary/aromatic N) is 2. The molecule has 0 radical (unpaired) electrons. The molecule has 4 aromatic rings. The molecule has 0 spiro atoms. The minimum atomic E-state index is -1.07. The van der Waals surface area contributed by atoms with E-state index in [9.17, 15) is 14.4 Å². The van der Waals surface area contributed by atoms with Crippen LogP contribution in [0.4, 0.5) is 5.69 Å². The predicted molar refractivity (Wildman–Crippen MR) is 133 cm³/mol. The summed E-state index contributed by atoms with van der Waals surface area (Å²) in [6, 6.07) is 17.9. The van der Waals surface area contributed by atoms with E-state index in [0.717, 1.165) is 10.9 Å². The minimum absolute atomic E-state index is 0.0226. The van der Waals surface area contributed by atoms with Gasteiger partial charge >= 0.3 is 11.7 Å². The fourth-order valence-corrected chi connectivity index (χ4v) is 3.83. The van der Waals surface area contributed by atoms with Gasteiger partial charge in [-0.15, -0.1) is 0 Å². The normalized spacial score (nSPS) is 11.6. The summed E-state index contributed by atoms with van der Waals surface area (Å²) in [5, 5.41) is 12.4. The van der Waals surface area contributed by atoms with E-state index in [1.165, 1.54) is 12.1 Å². The molecule has 11 heteroatoms. The molecule has 0 bridgehead atoms. The average molecular weight is 510 g/mol. The van der Waals surface area contributed by atoms with Gasteiger partial charge in [0.25, 0.3) is 5.56 Å². The summed E-state index contributed by atoms with van der Waals surface area (Å²) >= 11 is 12.6. The van der Waals surface area contributed by atoms with Crippen molar-refractivity contribution in [2.45, 2.75) is 5.92 Å². The summed E-state index contributed by atoms with van der Waals surface area (Å²) in [7, 11) is 0. The van der Waals surface area contributed by atoms with Gasteiger partial charge in [-0.05, 0) is 41.5 Å². The number of nitrogens with two attached hydrogens (primary N) is 1. The zero-order valence-corrected chi connectivity index (χ0v) is 19.4. The van der Waals surface area contributed by atoms with Crippen LogP contribution in [0, 0.1) is 5.41 Å². The number of anilines is 1. The summed E-state index contributed by atoms with van der Waals surface area (Å²) in [6.45, 7) is 0. The molecule has 0 aliphatic heterocycles. The van der Waals surface area contributed by atoms with Gasteiger partial charge in [0.05, 0.1) is 16.4 Å². The van der Waals surface area contributed by atoms with Crippen LogP contribution in [0.3, 0.4) is 0 Å². The van der Waals surface area contributed by atoms with Crippen molar-refractivity contribution >= 4 is 40.8 Å². The third-order valence-electron chi connectivity index (χ3n) is 5.12. The second kappa shape index (κ2) is 9.96. The quantitative estimate of drug-likeness (QED) is 0.162. The maximum absolute atomic E-state index is 13.3. The first kappa shape index (κ1) is 23.9. The molecule has 0 fully saturated rings. The van der Waals surface area contributed by atoms with Crippen molar-refractivity contribution in [3.8, 4) is 5.69 Å². The topological polar surface area (TPSA) is 144 Å². The van der Waals surface area contributed by atoms with Gasteiger partial charge in [-0.3, -0.25) is 20.0 Å². The molecule has 1 unspecified atom stereocenters. The van der Waals surface area contributed by atoms with E-state index in [1.807, 2.05) is 0 Å². The van der Waals surface area contributed by atoms with Crippen molar-refractivity contribution in [1.82, 2.24) is 14.8 Å². The number of carbonyl (C=O) groups excluding carboxylic acids is 1. The largest absolute Gasteiger partial charge is 0.407 e. The lowest BCUT2D eigenvalue weighted by molar-refractivity contribution is -0.136. The number of rotatable bonds is 5. The molecule has 0 aliphatic carbocycles. The van der Waals surface area contributed by atoms with Crippen LogP contribution in [-0.2, 0) is 9.53 Å². The molecule has 3 aromatic carbocycles. The molecule has 1 heterocycles. The minimum Gasteiger partial charge on any atom is -0.407 e. The van der Waals surface area contributed by atoms with Crippen molar-refractivity contribution in [1.29, 1.82) is 5.41 Å². The predicted octanol–water partition coefficient (Wildman–Crippen LogP) is 3.51. The first-order chi connectivity index (χ1) is 16.8. The Balaban J connectivity index is 1.79. The fraction of sp³-hybridized carbons (Fsp3) is 0.0417. The Morgan fingerprint density at radius 1 is 1.03 bits per heavy atom. The highest BCUT2D eigenvalue weighted by molar-refractivity contribution is 6.34. The van der Waals surface area contributed by atoms with E-state index in [0.29, 0.717) is 16.1 Å². The van der Waals surface area contributed by atoms with Gasteiger partial charge in [-0.1, -0.05) is 59.6 Å². The van der Waals surface area contributed by atoms with Gasteiger partial charge in [-0.25, -0.2) is 4.79 Å². The first-order valence-corrected chi connectivity index (χ1v) is 10.9.